The molecule has 158 valence electrons. The van der Waals surface area contributed by atoms with Crippen molar-refractivity contribution >= 4 is 28.7 Å². The van der Waals surface area contributed by atoms with E-state index in [1.807, 2.05) is 24.3 Å². The largest absolute Gasteiger partial charge is 0.354 e. The number of nitrogens with one attached hydrogen (secondary N) is 2. The van der Waals surface area contributed by atoms with Crippen LogP contribution in [0.2, 0.25) is 0 Å². The van der Waals surface area contributed by atoms with Crippen LogP contribution in [-0.2, 0) is 17.8 Å². The Kier molecular flexibility index (Phi) is 6.16. The number of hydrogen-bond donors (Lipinski definition) is 2. The van der Waals surface area contributed by atoms with Gasteiger partial charge in [0.25, 0.3) is 0 Å². The molecule has 30 heavy (non-hydrogen) atoms. The monoisotopic (exact) mass is 422 g/mol. The Morgan fingerprint density at radius 3 is 2.73 bits per heavy atom. The Hall–Kier alpha value is -2.31. The van der Waals surface area contributed by atoms with Gasteiger partial charge >= 0.3 is 0 Å². The molecule has 1 atom stereocenters. The second-order valence-corrected chi connectivity index (χ2v) is 9.95. The van der Waals surface area contributed by atoms with E-state index in [9.17, 15) is 4.79 Å². The van der Waals surface area contributed by atoms with Crippen LogP contribution in [0.4, 0.5) is 0 Å². The van der Waals surface area contributed by atoms with Gasteiger partial charge in [-0.25, -0.2) is 4.98 Å². The Balaban J connectivity index is 1.27. The molecule has 3 aromatic rings. The fraction of sp³-hybridized carbons (Fsp3) is 0.417. The fourth-order valence-corrected chi connectivity index (χ4v) is 4.71. The zero-order chi connectivity index (χ0) is 21.1. The van der Waals surface area contributed by atoms with Crippen molar-refractivity contribution in [3.63, 3.8) is 0 Å². The minimum absolute atomic E-state index is 0.0773. The number of fused-ring (bicyclic) bond motifs is 2. The van der Waals surface area contributed by atoms with Gasteiger partial charge in [-0.3, -0.25) is 9.69 Å². The van der Waals surface area contributed by atoms with Gasteiger partial charge in [0.15, 0.2) is 0 Å². The second-order valence-electron chi connectivity index (χ2n) is 8.62. The molecular weight excluding hydrogens is 392 g/mol. The van der Waals surface area contributed by atoms with E-state index in [1.165, 1.54) is 11.1 Å². The summed E-state index contributed by atoms with van der Waals surface area (Å²) < 4.78 is 0. The van der Waals surface area contributed by atoms with Crippen molar-refractivity contribution < 1.29 is 4.79 Å². The van der Waals surface area contributed by atoms with Crippen molar-refractivity contribution in [1.29, 1.82) is 0 Å². The lowest BCUT2D eigenvalue weighted by Gasteiger charge is -2.41. The van der Waals surface area contributed by atoms with E-state index in [-0.39, 0.29) is 16.7 Å². The van der Waals surface area contributed by atoms with Crippen molar-refractivity contribution in [3.05, 3.63) is 65.5 Å². The van der Waals surface area contributed by atoms with Crippen LogP contribution in [0.3, 0.4) is 0 Å². The van der Waals surface area contributed by atoms with Gasteiger partial charge in [0.05, 0.1) is 22.0 Å². The predicted molar refractivity (Wildman–Crippen MR) is 125 cm³/mol. The van der Waals surface area contributed by atoms with Crippen LogP contribution in [0, 0.1) is 0 Å². The summed E-state index contributed by atoms with van der Waals surface area (Å²) in [6.45, 7) is 9.13. The first-order valence-electron chi connectivity index (χ1n) is 10.6. The Morgan fingerprint density at radius 1 is 1.20 bits per heavy atom. The topological polar surface area (TPSA) is 61.0 Å². The zero-order valence-corrected chi connectivity index (χ0v) is 18.8. The summed E-state index contributed by atoms with van der Waals surface area (Å²) in [4.78, 5) is 23.0. The molecule has 0 saturated heterocycles. The summed E-state index contributed by atoms with van der Waals surface area (Å²) in [5, 5.41) is 3.28. The number of rotatable bonds is 7. The number of carbonyl (C=O) groups is 1. The molecule has 6 heteroatoms. The lowest BCUT2D eigenvalue weighted by Crippen LogP contribution is -2.53. The molecule has 2 N–H and O–H groups in total. The first-order chi connectivity index (χ1) is 14.4. The maximum absolute atomic E-state index is 12.5. The van der Waals surface area contributed by atoms with Crippen LogP contribution in [0.5, 0.6) is 0 Å². The summed E-state index contributed by atoms with van der Waals surface area (Å²) in [5.41, 5.74) is 4.77. The molecule has 2 heterocycles. The zero-order valence-electron chi connectivity index (χ0n) is 17.9. The number of carbonyl (C=O) groups excluding carboxylic acids is 1. The third-order valence-corrected chi connectivity index (χ3v) is 7.11. The van der Waals surface area contributed by atoms with E-state index >= 15 is 0 Å². The van der Waals surface area contributed by atoms with Crippen LogP contribution < -0.4 is 5.32 Å². The number of nitrogens with zero attached hydrogens (tertiary/aromatic N) is 2. The quantitative estimate of drug-likeness (QED) is 0.596. The van der Waals surface area contributed by atoms with E-state index in [2.05, 4.69) is 65.2 Å². The molecule has 5 nitrogen and oxygen atoms in total. The summed E-state index contributed by atoms with van der Waals surface area (Å²) in [7, 11) is 0. The summed E-state index contributed by atoms with van der Waals surface area (Å²) in [6, 6.07) is 16.7. The molecule has 1 amide bonds. The Bertz CT molecular complexity index is 996. The lowest BCUT2D eigenvalue weighted by atomic mass is 9.94. The highest BCUT2D eigenvalue weighted by atomic mass is 32.2. The molecular formula is C24H30N4OS. The van der Waals surface area contributed by atoms with Crippen molar-refractivity contribution in [2.24, 2.45) is 0 Å². The number of aromatic nitrogens is 2. The lowest BCUT2D eigenvalue weighted by molar-refractivity contribution is -0.119. The van der Waals surface area contributed by atoms with E-state index in [0.717, 1.165) is 36.4 Å². The molecule has 1 unspecified atom stereocenters. The summed E-state index contributed by atoms with van der Waals surface area (Å²) in [5.74, 6) is 1.42. The SMILES string of the molecule is CC(SCC(=O)NCC(C)(C)N1CCc2ccccc2C1)c1nc2ccccc2[nH]1. The van der Waals surface area contributed by atoms with Crippen molar-refractivity contribution in [2.75, 3.05) is 18.8 Å². The van der Waals surface area contributed by atoms with Gasteiger partial charge in [-0.1, -0.05) is 36.4 Å². The number of aromatic amines is 1. The Labute approximate surface area is 182 Å². The Morgan fingerprint density at radius 2 is 1.93 bits per heavy atom. The first kappa shape index (κ1) is 20.9. The number of thioether (sulfide) groups is 1. The standard InChI is InChI=1S/C24H30N4OS/c1-17(23-26-20-10-6-7-11-21(20)27-23)30-15-22(29)25-16-24(2,3)28-13-12-18-8-4-5-9-19(18)14-28/h4-11,17H,12-16H2,1-3H3,(H,25,29)(H,26,27). The molecule has 4 rings (SSSR count). The minimum Gasteiger partial charge on any atom is -0.354 e. The fourth-order valence-electron chi connectivity index (χ4n) is 3.93. The average Bonchev–Trinajstić information content (AvgIpc) is 3.20. The molecule has 1 aromatic heterocycles. The minimum atomic E-state index is -0.0851. The highest BCUT2D eigenvalue weighted by Gasteiger charge is 2.30. The van der Waals surface area contributed by atoms with Gasteiger partial charge in [0.2, 0.25) is 5.91 Å². The molecule has 0 aliphatic carbocycles. The van der Waals surface area contributed by atoms with Crippen molar-refractivity contribution in [2.45, 2.75) is 44.5 Å². The van der Waals surface area contributed by atoms with Crippen LogP contribution in [-0.4, -0.2) is 45.2 Å². The predicted octanol–water partition coefficient (Wildman–Crippen LogP) is 4.31. The van der Waals surface area contributed by atoms with Gasteiger partial charge in [-0.2, -0.15) is 0 Å². The van der Waals surface area contributed by atoms with Crippen LogP contribution in [0.15, 0.2) is 48.5 Å². The van der Waals surface area contributed by atoms with Gasteiger partial charge in [-0.15, -0.1) is 11.8 Å². The third kappa shape index (κ3) is 4.71. The van der Waals surface area contributed by atoms with E-state index in [4.69, 9.17) is 0 Å². The number of para-hydroxylation sites is 2. The maximum Gasteiger partial charge on any atom is 0.230 e. The number of hydrogen-bond acceptors (Lipinski definition) is 4. The molecule has 1 aliphatic rings. The highest BCUT2D eigenvalue weighted by Crippen LogP contribution is 2.28. The molecule has 0 fully saturated rings. The maximum atomic E-state index is 12.5. The average molecular weight is 423 g/mol. The molecule has 0 radical (unpaired) electrons. The normalized spacial score (nSPS) is 15.7. The van der Waals surface area contributed by atoms with Gasteiger partial charge in [0, 0.05) is 25.2 Å². The second kappa shape index (κ2) is 8.82. The number of benzene rings is 2. The van der Waals surface area contributed by atoms with Gasteiger partial charge in [-0.05, 0) is 50.5 Å². The van der Waals surface area contributed by atoms with Gasteiger partial charge in [0.1, 0.15) is 5.82 Å². The molecule has 0 saturated carbocycles. The van der Waals surface area contributed by atoms with Crippen LogP contribution in [0.1, 0.15) is 43.0 Å². The van der Waals surface area contributed by atoms with E-state index in [1.54, 1.807) is 11.8 Å². The number of H-pyrrole nitrogens is 1. The highest BCUT2D eigenvalue weighted by molar-refractivity contribution is 8.00. The van der Waals surface area contributed by atoms with Crippen molar-refractivity contribution in [1.82, 2.24) is 20.2 Å². The summed E-state index contributed by atoms with van der Waals surface area (Å²) >= 11 is 1.61. The van der Waals surface area contributed by atoms with Gasteiger partial charge < -0.3 is 10.3 Å². The van der Waals surface area contributed by atoms with E-state index in [0.29, 0.717) is 12.3 Å². The number of imidazole rings is 1. The first-order valence-corrected chi connectivity index (χ1v) is 11.6. The van der Waals surface area contributed by atoms with Crippen LogP contribution in [0.25, 0.3) is 11.0 Å². The molecule has 1 aliphatic heterocycles. The molecule has 0 spiro atoms. The van der Waals surface area contributed by atoms with Crippen molar-refractivity contribution in [3.8, 4) is 0 Å². The third-order valence-electron chi connectivity index (χ3n) is 5.96. The molecule has 2 aromatic carbocycles. The molecule has 0 bridgehead atoms. The number of amides is 1. The van der Waals surface area contributed by atoms with Crippen LogP contribution >= 0.6 is 11.8 Å². The summed E-state index contributed by atoms with van der Waals surface area (Å²) in [6.07, 6.45) is 1.07. The van der Waals surface area contributed by atoms with E-state index < -0.39 is 0 Å². The smallest absolute Gasteiger partial charge is 0.230 e.